The third-order valence-electron chi connectivity index (χ3n) is 2.67. The molecule has 1 aliphatic rings. The third-order valence-corrected chi connectivity index (χ3v) is 2.67. The summed E-state index contributed by atoms with van der Waals surface area (Å²) in [5.41, 5.74) is 0. The molecule has 3 atom stereocenters. The van der Waals surface area contributed by atoms with Crippen LogP contribution in [-0.2, 0) is 28.5 Å². The normalized spacial score (nSPS) is 25.2. The topological polar surface area (TPSA) is 71.1 Å². The fourth-order valence-corrected chi connectivity index (χ4v) is 1.70. The van der Waals surface area contributed by atoms with E-state index >= 15 is 0 Å². The molecule has 1 aliphatic heterocycles. The van der Waals surface area contributed by atoms with Gasteiger partial charge in [-0.3, -0.25) is 9.59 Å². The summed E-state index contributed by atoms with van der Waals surface area (Å²) in [7, 11) is 0. The first kappa shape index (κ1) is 16.7. The lowest BCUT2D eigenvalue weighted by Crippen LogP contribution is -2.42. The maximum absolute atomic E-state index is 11.0. The van der Waals surface area contributed by atoms with Crippen molar-refractivity contribution in [2.45, 2.75) is 52.1 Å². The van der Waals surface area contributed by atoms with Crippen LogP contribution in [0.25, 0.3) is 0 Å². The quantitative estimate of drug-likeness (QED) is 0.402. The van der Waals surface area contributed by atoms with Crippen LogP contribution in [0.15, 0.2) is 12.2 Å². The van der Waals surface area contributed by atoms with E-state index in [2.05, 4.69) is 6.92 Å². The van der Waals surface area contributed by atoms with Crippen molar-refractivity contribution >= 4 is 11.9 Å². The van der Waals surface area contributed by atoms with Gasteiger partial charge in [-0.15, -0.1) is 0 Å². The van der Waals surface area contributed by atoms with Gasteiger partial charge in [0.25, 0.3) is 0 Å². The van der Waals surface area contributed by atoms with Crippen molar-refractivity contribution < 1.29 is 28.5 Å². The summed E-state index contributed by atoms with van der Waals surface area (Å²) in [5.74, 6) is -0.824. The molecule has 6 heteroatoms. The van der Waals surface area contributed by atoms with E-state index in [-0.39, 0.29) is 6.61 Å². The molecule has 0 unspecified atom stereocenters. The molecule has 0 spiro atoms. The van der Waals surface area contributed by atoms with E-state index in [1.54, 1.807) is 12.2 Å². The van der Waals surface area contributed by atoms with E-state index < -0.39 is 30.4 Å². The summed E-state index contributed by atoms with van der Waals surface area (Å²) < 4.78 is 21.2. The zero-order valence-corrected chi connectivity index (χ0v) is 12.2. The molecule has 0 bridgehead atoms. The molecule has 6 nitrogen and oxygen atoms in total. The average Bonchev–Trinajstić information content (AvgIpc) is 2.38. The van der Waals surface area contributed by atoms with Gasteiger partial charge in [0, 0.05) is 13.8 Å². The van der Waals surface area contributed by atoms with Crippen LogP contribution in [0.4, 0.5) is 0 Å². The van der Waals surface area contributed by atoms with Crippen molar-refractivity contribution in [1.82, 2.24) is 0 Å². The molecular weight excluding hydrogens is 264 g/mol. The summed E-state index contributed by atoms with van der Waals surface area (Å²) in [5, 5.41) is 0. The Kier molecular flexibility index (Phi) is 7.25. The number of esters is 2. The molecule has 0 saturated carbocycles. The average molecular weight is 286 g/mol. The van der Waals surface area contributed by atoms with Crippen molar-refractivity contribution in [3.8, 4) is 0 Å². The van der Waals surface area contributed by atoms with Gasteiger partial charge in [-0.25, -0.2) is 0 Å². The predicted octanol–water partition coefficient (Wildman–Crippen LogP) is 1.58. The van der Waals surface area contributed by atoms with Gasteiger partial charge in [0.2, 0.25) is 0 Å². The SMILES string of the molecule is CCCCO[C@@H]1C=C[C@H](OC(C)=O)[C@@H](COC(C)=O)O1. The molecule has 20 heavy (non-hydrogen) atoms. The summed E-state index contributed by atoms with van der Waals surface area (Å²) in [6.45, 7) is 5.31. The zero-order chi connectivity index (χ0) is 15.0. The van der Waals surface area contributed by atoms with Crippen molar-refractivity contribution in [3.63, 3.8) is 0 Å². The van der Waals surface area contributed by atoms with E-state index in [0.29, 0.717) is 6.61 Å². The number of carbonyl (C=O) groups excluding carboxylic acids is 2. The molecule has 0 aromatic rings. The Bertz CT molecular complexity index is 352. The van der Waals surface area contributed by atoms with Gasteiger partial charge in [-0.2, -0.15) is 0 Å². The number of ether oxygens (including phenoxy) is 4. The highest BCUT2D eigenvalue weighted by atomic mass is 16.7. The van der Waals surface area contributed by atoms with Crippen LogP contribution in [0.3, 0.4) is 0 Å². The molecule has 1 rings (SSSR count). The van der Waals surface area contributed by atoms with Crippen LogP contribution in [0.5, 0.6) is 0 Å². The molecule has 0 aromatic carbocycles. The Labute approximate surface area is 119 Å². The Hall–Kier alpha value is -1.40. The highest BCUT2D eigenvalue weighted by Crippen LogP contribution is 2.18. The van der Waals surface area contributed by atoms with Crippen LogP contribution < -0.4 is 0 Å². The minimum atomic E-state index is -0.571. The molecule has 1 heterocycles. The molecule has 0 aromatic heterocycles. The fourth-order valence-electron chi connectivity index (χ4n) is 1.70. The van der Waals surface area contributed by atoms with Gasteiger partial charge in [-0.1, -0.05) is 13.3 Å². The number of hydrogen-bond acceptors (Lipinski definition) is 6. The highest BCUT2D eigenvalue weighted by Gasteiger charge is 2.30. The minimum absolute atomic E-state index is 0.0191. The van der Waals surface area contributed by atoms with Gasteiger partial charge < -0.3 is 18.9 Å². The van der Waals surface area contributed by atoms with Gasteiger partial charge in [0.15, 0.2) is 6.29 Å². The smallest absolute Gasteiger partial charge is 0.303 e. The van der Waals surface area contributed by atoms with Crippen molar-refractivity contribution in [1.29, 1.82) is 0 Å². The first-order chi connectivity index (χ1) is 9.52. The van der Waals surface area contributed by atoms with E-state index in [4.69, 9.17) is 18.9 Å². The predicted molar refractivity (Wildman–Crippen MR) is 70.8 cm³/mol. The summed E-state index contributed by atoms with van der Waals surface area (Å²) in [6.07, 6.45) is 3.74. The first-order valence-electron chi connectivity index (χ1n) is 6.79. The highest BCUT2D eigenvalue weighted by molar-refractivity contribution is 5.66. The molecule has 114 valence electrons. The number of carbonyl (C=O) groups is 2. The van der Waals surface area contributed by atoms with Crippen LogP contribution in [-0.4, -0.2) is 43.7 Å². The van der Waals surface area contributed by atoms with Gasteiger partial charge in [-0.05, 0) is 18.6 Å². The summed E-state index contributed by atoms with van der Waals surface area (Å²) >= 11 is 0. The maximum atomic E-state index is 11.0. The zero-order valence-electron chi connectivity index (χ0n) is 12.2. The Morgan fingerprint density at radius 3 is 2.55 bits per heavy atom. The van der Waals surface area contributed by atoms with E-state index in [1.807, 2.05) is 0 Å². The van der Waals surface area contributed by atoms with Crippen LogP contribution in [0, 0.1) is 0 Å². The lowest BCUT2D eigenvalue weighted by Gasteiger charge is -2.31. The van der Waals surface area contributed by atoms with E-state index in [9.17, 15) is 9.59 Å². The number of unbranched alkanes of at least 4 members (excludes halogenated alkanes) is 1. The van der Waals surface area contributed by atoms with Gasteiger partial charge in [0.05, 0.1) is 6.61 Å². The lowest BCUT2D eigenvalue weighted by molar-refractivity contribution is -0.197. The Morgan fingerprint density at radius 1 is 1.20 bits per heavy atom. The molecule has 0 radical (unpaired) electrons. The van der Waals surface area contributed by atoms with Crippen LogP contribution in [0.2, 0.25) is 0 Å². The van der Waals surface area contributed by atoms with E-state index in [0.717, 1.165) is 12.8 Å². The fraction of sp³-hybridized carbons (Fsp3) is 0.714. The lowest BCUT2D eigenvalue weighted by atomic mass is 10.1. The van der Waals surface area contributed by atoms with Crippen molar-refractivity contribution in [2.75, 3.05) is 13.2 Å². The molecule has 0 saturated heterocycles. The molecule has 0 aliphatic carbocycles. The van der Waals surface area contributed by atoms with Crippen molar-refractivity contribution in [2.24, 2.45) is 0 Å². The minimum Gasteiger partial charge on any atom is -0.463 e. The Morgan fingerprint density at radius 2 is 1.95 bits per heavy atom. The Balaban J connectivity index is 2.56. The number of rotatable bonds is 7. The standard InChI is InChI=1S/C14H22O6/c1-4-5-8-17-14-7-6-12(19-11(3)16)13(20-14)9-18-10(2)15/h6-7,12-14H,4-5,8-9H2,1-3H3/t12-,13+,14-/m0/s1. The molecule has 0 amide bonds. The van der Waals surface area contributed by atoms with Gasteiger partial charge >= 0.3 is 11.9 Å². The number of hydrogen-bond donors (Lipinski definition) is 0. The second-order valence-electron chi connectivity index (χ2n) is 4.53. The molecular formula is C14H22O6. The first-order valence-corrected chi connectivity index (χ1v) is 6.79. The second kappa shape index (κ2) is 8.71. The summed E-state index contributed by atoms with van der Waals surface area (Å²) in [4.78, 5) is 21.9. The third kappa shape index (κ3) is 6.16. The summed E-state index contributed by atoms with van der Waals surface area (Å²) in [6, 6.07) is 0. The van der Waals surface area contributed by atoms with E-state index in [1.165, 1.54) is 13.8 Å². The maximum Gasteiger partial charge on any atom is 0.303 e. The monoisotopic (exact) mass is 286 g/mol. The molecule has 0 fully saturated rings. The molecule has 0 N–H and O–H groups in total. The van der Waals surface area contributed by atoms with Crippen molar-refractivity contribution in [3.05, 3.63) is 12.2 Å². The van der Waals surface area contributed by atoms with Gasteiger partial charge in [0.1, 0.15) is 18.8 Å². The van der Waals surface area contributed by atoms with Crippen LogP contribution >= 0.6 is 0 Å². The second-order valence-corrected chi connectivity index (χ2v) is 4.53. The van der Waals surface area contributed by atoms with Crippen LogP contribution in [0.1, 0.15) is 33.6 Å². The largest absolute Gasteiger partial charge is 0.463 e.